The molecule has 3 nitrogen and oxygen atoms in total. The molecule has 1 heterocycles. The molecule has 1 amide bonds. The Labute approximate surface area is 96.2 Å². The van der Waals surface area contributed by atoms with Crippen LogP contribution in [0, 0.1) is 5.92 Å². The van der Waals surface area contributed by atoms with Gasteiger partial charge in [0.1, 0.15) is 0 Å². The van der Waals surface area contributed by atoms with Crippen LogP contribution in [0.5, 0.6) is 0 Å². The van der Waals surface area contributed by atoms with Gasteiger partial charge in [0.25, 0.3) is 0 Å². The molecule has 0 bridgehead atoms. The fourth-order valence-corrected chi connectivity index (χ4v) is 2.27. The Morgan fingerprint density at radius 3 is 2.81 bits per heavy atom. The van der Waals surface area contributed by atoms with Crippen LogP contribution in [0.25, 0.3) is 0 Å². The molecule has 1 aliphatic rings. The Morgan fingerprint density at radius 2 is 2.19 bits per heavy atom. The van der Waals surface area contributed by atoms with Gasteiger partial charge in [-0.2, -0.15) is 0 Å². The van der Waals surface area contributed by atoms with Crippen molar-refractivity contribution < 1.29 is 4.79 Å². The summed E-state index contributed by atoms with van der Waals surface area (Å²) in [6, 6.07) is 6.03. The minimum absolute atomic E-state index is 0.0333. The molecule has 0 fully saturated rings. The van der Waals surface area contributed by atoms with Crippen molar-refractivity contribution in [1.82, 2.24) is 0 Å². The third-order valence-corrected chi connectivity index (χ3v) is 3.05. The second-order valence-electron chi connectivity index (χ2n) is 4.80. The fraction of sp³-hybridized carbons (Fsp3) is 0.462. The smallest absolute Gasteiger partial charge is 0.229 e. The molecule has 0 radical (unpaired) electrons. The van der Waals surface area contributed by atoms with Gasteiger partial charge in [-0.25, -0.2) is 0 Å². The molecule has 0 saturated heterocycles. The maximum Gasteiger partial charge on any atom is 0.229 e. The van der Waals surface area contributed by atoms with Crippen LogP contribution >= 0.6 is 0 Å². The van der Waals surface area contributed by atoms with Crippen LogP contribution in [-0.4, -0.2) is 11.9 Å². The van der Waals surface area contributed by atoms with Gasteiger partial charge in [0.2, 0.25) is 5.91 Å². The molecule has 3 heteroatoms. The number of anilines is 2. The number of amides is 1. The van der Waals surface area contributed by atoms with Gasteiger partial charge < -0.3 is 10.6 Å². The minimum atomic E-state index is 0.0333. The molecule has 16 heavy (non-hydrogen) atoms. The number of carbonyl (C=O) groups excluding carboxylic acids is 1. The number of nitrogens with two attached hydrogens (primary N) is 1. The summed E-state index contributed by atoms with van der Waals surface area (Å²) in [5, 5.41) is 0. The number of fused-ring (bicyclic) bond motifs is 1. The summed E-state index contributed by atoms with van der Waals surface area (Å²) in [4.78, 5) is 14.0. The molecular formula is C13H18N2O. The van der Waals surface area contributed by atoms with E-state index in [1.54, 1.807) is 0 Å². The monoisotopic (exact) mass is 218 g/mol. The summed E-state index contributed by atoms with van der Waals surface area (Å²) in [5.41, 5.74) is 8.73. The summed E-state index contributed by atoms with van der Waals surface area (Å²) >= 11 is 0. The van der Waals surface area contributed by atoms with Gasteiger partial charge in [0.15, 0.2) is 0 Å². The molecule has 0 saturated carbocycles. The van der Waals surface area contributed by atoms with Crippen LogP contribution in [-0.2, 0) is 11.2 Å². The van der Waals surface area contributed by atoms with E-state index in [4.69, 9.17) is 5.73 Å². The van der Waals surface area contributed by atoms with Crippen molar-refractivity contribution in [3.8, 4) is 0 Å². The average molecular weight is 218 g/mol. The van der Waals surface area contributed by atoms with Crippen molar-refractivity contribution in [2.45, 2.75) is 33.2 Å². The van der Waals surface area contributed by atoms with Gasteiger partial charge in [0, 0.05) is 23.3 Å². The second kappa shape index (κ2) is 3.81. The lowest BCUT2D eigenvalue weighted by molar-refractivity contribution is -0.121. The highest BCUT2D eigenvalue weighted by Gasteiger charge is 2.31. The van der Waals surface area contributed by atoms with Crippen molar-refractivity contribution in [3.05, 3.63) is 23.8 Å². The summed E-state index contributed by atoms with van der Waals surface area (Å²) in [6.07, 6.45) is 0.902. The summed E-state index contributed by atoms with van der Waals surface area (Å²) in [6.45, 7) is 5.95. The van der Waals surface area contributed by atoms with E-state index in [2.05, 4.69) is 6.92 Å². The Bertz CT molecular complexity index is 426. The molecule has 86 valence electrons. The van der Waals surface area contributed by atoms with Crippen LogP contribution in [0.1, 0.15) is 26.3 Å². The van der Waals surface area contributed by atoms with Crippen LogP contribution < -0.4 is 10.6 Å². The van der Waals surface area contributed by atoms with E-state index in [-0.39, 0.29) is 17.9 Å². The third-order valence-electron chi connectivity index (χ3n) is 3.05. The zero-order valence-electron chi connectivity index (χ0n) is 10.0. The van der Waals surface area contributed by atoms with Crippen LogP contribution in [0.3, 0.4) is 0 Å². The Hall–Kier alpha value is -1.51. The average Bonchev–Trinajstić information content (AvgIpc) is 2.51. The van der Waals surface area contributed by atoms with E-state index < -0.39 is 0 Å². The summed E-state index contributed by atoms with van der Waals surface area (Å²) in [5.74, 6) is 0.224. The lowest BCUT2D eigenvalue weighted by Gasteiger charge is -2.24. The van der Waals surface area contributed by atoms with Crippen molar-refractivity contribution in [3.63, 3.8) is 0 Å². The van der Waals surface area contributed by atoms with Gasteiger partial charge in [-0.3, -0.25) is 4.79 Å². The first kappa shape index (κ1) is 11.0. The minimum Gasteiger partial charge on any atom is -0.399 e. The number of hydrogen-bond acceptors (Lipinski definition) is 2. The summed E-state index contributed by atoms with van der Waals surface area (Å²) in [7, 11) is 0. The molecule has 1 aromatic rings. The quantitative estimate of drug-likeness (QED) is 0.734. The van der Waals surface area contributed by atoms with E-state index in [0.717, 1.165) is 17.8 Å². The highest BCUT2D eigenvalue weighted by Crippen LogP contribution is 2.34. The molecule has 1 aromatic carbocycles. The maximum absolute atomic E-state index is 12.1. The Morgan fingerprint density at radius 1 is 1.50 bits per heavy atom. The van der Waals surface area contributed by atoms with Gasteiger partial charge in [-0.1, -0.05) is 13.8 Å². The number of hydrogen-bond donors (Lipinski definition) is 1. The number of benzene rings is 1. The molecule has 0 aromatic heterocycles. The van der Waals surface area contributed by atoms with Crippen molar-refractivity contribution in [1.29, 1.82) is 0 Å². The van der Waals surface area contributed by atoms with E-state index in [0.29, 0.717) is 0 Å². The lowest BCUT2D eigenvalue weighted by atomic mass is 10.1. The highest BCUT2D eigenvalue weighted by molar-refractivity contribution is 5.97. The largest absolute Gasteiger partial charge is 0.399 e. The van der Waals surface area contributed by atoms with Crippen LogP contribution in [0.15, 0.2) is 18.2 Å². The zero-order chi connectivity index (χ0) is 11.9. The zero-order valence-corrected chi connectivity index (χ0v) is 10.0. The van der Waals surface area contributed by atoms with Crippen LogP contribution in [0.4, 0.5) is 11.4 Å². The Kier molecular flexibility index (Phi) is 2.62. The van der Waals surface area contributed by atoms with Crippen LogP contribution in [0.2, 0.25) is 0 Å². The molecule has 0 aliphatic carbocycles. The predicted octanol–water partition coefficient (Wildman–Crippen LogP) is 2.20. The lowest BCUT2D eigenvalue weighted by Crippen LogP contribution is -2.38. The van der Waals surface area contributed by atoms with Gasteiger partial charge >= 0.3 is 0 Å². The van der Waals surface area contributed by atoms with Gasteiger partial charge in [-0.05, 0) is 37.1 Å². The first-order valence-electron chi connectivity index (χ1n) is 5.72. The number of carbonyl (C=O) groups is 1. The Balaban J connectivity index is 2.40. The maximum atomic E-state index is 12.1. The highest BCUT2D eigenvalue weighted by atomic mass is 16.2. The molecule has 2 rings (SSSR count). The van der Waals surface area contributed by atoms with E-state index in [1.807, 2.05) is 36.9 Å². The summed E-state index contributed by atoms with van der Waals surface area (Å²) < 4.78 is 0. The molecule has 1 aliphatic heterocycles. The van der Waals surface area contributed by atoms with E-state index in [9.17, 15) is 4.79 Å². The van der Waals surface area contributed by atoms with Gasteiger partial charge in [0.05, 0.1) is 0 Å². The third kappa shape index (κ3) is 1.66. The predicted molar refractivity (Wildman–Crippen MR) is 66.3 cm³/mol. The van der Waals surface area contributed by atoms with E-state index >= 15 is 0 Å². The van der Waals surface area contributed by atoms with E-state index in [1.165, 1.54) is 5.56 Å². The van der Waals surface area contributed by atoms with Crippen molar-refractivity contribution in [2.24, 2.45) is 5.92 Å². The first-order chi connectivity index (χ1) is 7.50. The molecule has 2 N–H and O–H groups in total. The topological polar surface area (TPSA) is 46.3 Å². The molecule has 1 unspecified atom stereocenters. The first-order valence-corrected chi connectivity index (χ1v) is 5.72. The molecule has 0 spiro atoms. The van der Waals surface area contributed by atoms with Crippen molar-refractivity contribution >= 4 is 17.3 Å². The number of nitrogen functional groups attached to an aromatic ring is 1. The van der Waals surface area contributed by atoms with Gasteiger partial charge in [-0.15, -0.1) is 0 Å². The standard InChI is InChI=1S/C13H18N2O/c1-8(2)13(16)15-9(3)6-10-7-11(14)4-5-12(10)15/h4-5,7-9H,6,14H2,1-3H3. The normalized spacial score (nSPS) is 19.0. The molecular weight excluding hydrogens is 200 g/mol. The number of nitrogens with zero attached hydrogens (tertiary/aromatic N) is 1. The fourth-order valence-electron chi connectivity index (χ4n) is 2.27. The number of rotatable bonds is 1. The second-order valence-corrected chi connectivity index (χ2v) is 4.80. The SMILES string of the molecule is CC(C)C(=O)N1c2ccc(N)cc2CC1C. The van der Waals surface area contributed by atoms with Crippen molar-refractivity contribution in [2.75, 3.05) is 10.6 Å². The molecule has 1 atom stereocenters.